The third-order valence-corrected chi connectivity index (χ3v) is 4.33. The van der Waals surface area contributed by atoms with Gasteiger partial charge in [-0.2, -0.15) is 0 Å². The molecule has 12 heavy (non-hydrogen) atoms. The maximum Gasteiger partial charge on any atom is 0.0626 e. The zero-order valence-electron chi connectivity index (χ0n) is 5.84. The highest BCUT2D eigenvalue weighted by atomic mass is 79.9. The second-order valence-electron chi connectivity index (χ2n) is 2.35. The minimum atomic E-state index is 0.734. The molecule has 0 aliphatic carbocycles. The van der Waals surface area contributed by atoms with E-state index in [1.807, 2.05) is 17.5 Å². The highest BCUT2D eigenvalue weighted by Gasteiger charge is 2.07. The van der Waals surface area contributed by atoms with E-state index in [-0.39, 0.29) is 0 Å². The Balaban J connectivity index is 2.97. The first-order valence-corrected chi connectivity index (χ1v) is 5.74. The van der Waals surface area contributed by atoms with Crippen molar-refractivity contribution in [2.45, 2.75) is 4.90 Å². The maximum absolute atomic E-state index is 6.05. The van der Waals surface area contributed by atoms with E-state index in [0.29, 0.717) is 0 Å². The summed E-state index contributed by atoms with van der Waals surface area (Å²) in [5, 5.41) is 3.83. The molecule has 0 radical (unpaired) electrons. The Morgan fingerprint density at radius 1 is 1.50 bits per heavy atom. The molecule has 2 rings (SSSR count). The molecule has 0 nitrogen and oxygen atoms in total. The molecule has 0 amide bonds. The predicted molar refractivity (Wildman–Crippen MR) is 61.8 cm³/mol. The van der Waals surface area contributed by atoms with Gasteiger partial charge in [0.2, 0.25) is 0 Å². The Labute approximate surface area is 93.1 Å². The van der Waals surface area contributed by atoms with Gasteiger partial charge in [0.25, 0.3) is 0 Å². The van der Waals surface area contributed by atoms with Gasteiger partial charge in [0.05, 0.1) is 9.72 Å². The molecule has 0 spiro atoms. The zero-order chi connectivity index (χ0) is 8.72. The van der Waals surface area contributed by atoms with Gasteiger partial charge in [-0.25, -0.2) is 0 Å². The first kappa shape index (κ1) is 8.88. The van der Waals surface area contributed by atoms with Crippen LogP contribution in [0.5, 0.6) is 0 Å². The van der Waals surface area contributed by atoms with Crippen molar-refractivity contribution < 1.29 is 0 Å². The van der Waals surface area contributed by atoms with Crippen LogP contribution in [0.25, 0.3) is 10.1 Å². The van der Waals surface area contributed by atoms with E-state index in [4.69, 9.17) is 11.6 Å². The minimum absolute atomic E-state index is 0.734. The highest BCUT2D eigenvalue weighted by molar-refractivity contribution is 9.10. The summed E-state index contributed by atoms with van der Waals surface area (Å²) in [5.41, 5.74) is 0. The summed E-state index contributed by atoms with van der Waals surface area (Å²) in [6.07, 6.45) is 0. The van der Waals surface area contributed by atoms with Gasteiger partial charge in [-0.1, -0.05) is 11.6 Å². The van der Waals surface area contributed by atoms with Crippen LogP contribution in [-0.4, -0.2) is 0 Å². The second kappa shape index (κ2) is 3.22. The Bertz CT molecular complexity index is 436. The molecule has 0 atom stereocenters. The SMILES string of the molecule is Sc1cc(Br)c2sccc2c1Cl. The number of halogens is 2. The van der Waals surface area contributed by atoms with Crippen LogP contribution in [0.2, 0.25) is 5.02 Å². The van der Waals surface area contributed by atoms with Crippen molar-refractivity contribution >= 4 is 61.6 Å². The van der Waals surface area contributed by atoms with Gasteiger partial charge in [-0.15, -0.1) is 24.0 Å². The quantitative estimate of drug-likeness (QED) is 0.669. The van der Waals surface area contributed by atoms with Gasteiger partial charge >= 0.3 is 0 Å². The van der Waals surface area contributed by atoms with E-state index in [1.165, 1.54) is 4.70 Å². The summed E-state index contributed by atoms with van der Waals surface area (Å²) in [7, 11) is 0. The van der Waals surface area contributed by atoms with E-state index >= 15 is 0 Å². The van der Waals surface area contributed by atoms with E-state index in [1.54, 1.807) is 11.3 Å². The number of thiophene rings is 1. The molecule has 0 saturated carbocycles. The summed E-state index contributed by atoms with van der Waals surface area (Å²) in [6.45, 7) is 0. The van der Waals surface area contributed by atoms with E-state index in [9.17, 15) is 0 Å². The van der Waals surface area contributed by atoms with Crippen LogP contribution in [0.3, 0.4) is 0 Å². The normalized spacial score (nSPS) is 10.9. The largest absolute Gasteiger partial charge is 0.143 e. The van der Waals surface area contributed by atoms with Crippen molar-refractivity contribution in [3.05, 3.63) is 27.0 Å². The summed E-state index contributed by atoms with van der Waals surface area (Å²) in [4.78, 5) is 0.814. The molecule has 62 valence electrons. The molecule has 2 aromatic rings. The van der Waals surface area contributed by atoms with Crippen molar-refractivity contribution in [2.75, 3.05) is 0 Å². The Morgan fingerprint density at radius 2 is 2.25 bits per heavy atom. The third kappa shape index (κ3) is 1.29. The molecule has 4 heteroatoms. The maximum atomic E-state index is 6.05. The number of rotatable bonds is 0. The van der Waals surface area contributed by atoms with Crippen LogP contribution in [0.4, 0.5) is 0 Å². The smallest absolute Gasteiger partial charge is 0.0626 e. The Hall–Kier alpha value is 0.300. The van der Waals surface area contributed by atoms with Crippen LogP contribution in [0.1, 0.15) is 0 Å². The number of thiol groups is 1. The molecule has 0 bridgehead atoms. The molecule has 0 saturated heterocycles. The molecule has 0 N–H and O–H groups in total. The Morgan fingerprint density at radius 3 is 3.00 bits per heavy atom. The number of hydrogen-bond donors (Lipinski definition) is 1. The Kier molecular flexibility index (Phi) is 2.38. The lowest BCUT2D eigenvalue weighted by Gasteiger charge is -2.00. The van der Waals surface area contributed by atoms with Gasteiger partial charge in [0.15, 0.2) is 0 Å². The van der Waals surface area contributed by atoms with Crippen LogP contribution in [0, 0.1) is 0 Å². The lowest BCUT2D eigenvalue weighted by molar-refractivity contribution is 1.51. The van der Waals surface area contributed by atoms with Crippen LogP contribution in [-0.2, 0) is 0 Å². The van der Waals surface area contributed by atoms with E-state index < -0.39 is 0 Å². The summed E-state index contributed by atoms with van der Waals surface area (Å²) in [5.74, 6) is 0. The highest BCUT2D eigenvalue weighted by Crippen LogP contribution is 2.37. The second-order valence-corrected chi connectivity index (χ2v) is 4.99. The molecule has 1 heterocycles. The standard InChI is InChI=1S/C8H4BrClS2/c9-5-3-6(11)7(10)4-1-2-12-8(4)5/h1-3,11H. The average molecular weight is 280 g/mol. The summed E-state index contributed by atoms with van der Waals surface area (Å²) < 4.78 is 2.24. The fourth-order valence-electron chi connectivity index (χ4n) is 1.05. The molecule has 0 aliphatic rings. The molecule has 1 aromatic heterocycles. The lowest BCUT2D eigenvalue weighted by Crippen LogP contribution is -1.72. The fourth-order valence-corrected chi connectivity index (χ4v) is 3.28. The van der Waals surface area contributed by atoms with E-state index in [2.05, 4.69) is 28.6 Å². The van der Waals surface area contributed by atoms with Crippen molar-refractivity contribution in [3.63, 3.8) is 0 Å². The molecule has 0 fully saturated rings. The van der Waals surface area contributed by atoms with Gasteiger partial charge in [0.1, 0.15) is 0 Å². The van der Waals surface area contributed by atoms with E-state index in [0.717, 1.165) is 19.8 Å². The van der Waals surface area contributed by atoms with Crippen LogP contribution < -0.4 is 0 Å². The number of hydrogen-bond acceptors (Lipinski definition) is 2. The number of fused-ring (bicyclic) bond motifs is 1. The monoisotopic (exact) mass is 278 g/mol. The fraction of sp³-hybridized carbons (Fsp3) is 0. The van der Waals surface area contributed by atoms with Crippen LogP contribution in [0.15, 0.2) is 26.9 Å². The van der Waals surface area contributed by atoms with Crippen LogP contribution >= 0.6 is 51.5 Å². The van der Waals surface area contributed by atoms with Crippen molar-refractivity contribution in [1.29, 1.82) is 0 Å². The molecular formula is C8H4BrClS2. The van der Waals surface area contributed by atoms with Gasteiger partial charge < -0.3 is 0 Å². The van der Waals surface area contributed by atoms with Crippen molar-refractivity contribution in [1.82, 2.24) is 0 Å². The minimum Gasteiger partial charge on any atom is -0.143 e. The van der Waals surface area contributed by atoms with Crippen molar-refractivity contribution in [2.24, 2.45) is 0 Å². The summed E-state index contributed by atoms with van der Waals surface area (Å²) in [6, 6.07) is 3.93. The zero-order valence-corrected chi connectivity index (χ0v) is 9.90. The molecule has 0 aliphatic heterocycles. The average Bonchev–Trinajstić information content (AvgIpc) is 2.48. The molecular weight excluding hydrogens is 276 g/mol. The van der Waals surface area contributed by atoms with Gasteiger partial charge in [-0.05, 0) is 33.4 Å². The molecule has 1 aromatic carbocycles. The summed E-state index contributed by atoms with van der Waals surface area (Å²) >= 11 is 15.4. The first-order chi connectivity index (χ1) is 5.70. The first-order valence-electron chi connectivity index (χ1n) is 3.24. The van der Waals surface area contributed by atoms with Gasteiger partial charge in [-0.3, -0.25) is 0 Å². The van der Waals surface area contributed by atoms with Gasteiger partial charge in [0, 0.05) is 14.8 Å². The predicted octanol–water partition coefficient (Wildman–Crippen LogP) is 4.61. The molecule has 0 unspecified atom stereocenters. The lowest BCUT2D eigenvalue weighted by atomic mass is 10.3. The van der Waals surface area contributed by atoms with Crippen molar-refractivity contribution in [3.8, 4) is 0 Å². The topological polar surface area (TPSA) is 0 Å². The third-order valence-electron chi connectivity index (χ3n) is 1.61. The number of benzene rings is 1.